The van der Waals surface area contributed by atoms with E-state index in [1.54, 1.807) is 13.1 Å². The second-order valence-corrected chi connectivity index (χ2v) is 4.04. The first kappa shape index (κ1) is 18.5. The summed E-state index contributed by atoms with van der Waals surface area (Å²) in [6, 6.07) is 16.8. The van der Waals surface area contributed by atoms with Gasteiger partial charge >= 0.3 is 0 Å². The van der Waals surface area contributed by atoms with E-state index in [9.17, 15) is 0 Å². The van der Waals surface area contributed by atoms with Crippen LogP contribution in [-0.4, -0.2) is 21.3 Å². The molecule has 1 heterocycles. The Bertz CT molecular complexity index is 457. The summed E-state index contributed by atoms with van der Waals surface area (Å²) >= 11 is 0. The Morgan fingerprint density at radius 3 is 2.35 bits per heavy atom. The van der Waals surface area contributed by atoms with Gasteiger partial charge in [0.15, 0.2) is 0 Å². The van der Waals surface area contributed by atoms with Crippen molar-refractivity contribution in [2.75, 3.05) is 0 Å². The number of hydrogen-bond donors (Lipinski definition) is 2. The summed E-state index contributed by atoms with van der Waals surface area (Å²) in [4.78, 5) is 4.22. The first-order valence-corrected chi connectivity index (χ1v) is 6.03. The topological polar surface area (TPSA) is 53.4 Å². The number of rotatable bonds is 2. The summed E-state index contributed by atoms with van der Waals surface area (Å²) in [6.07, 6.45) is 2.61. The molecule has 4 heteroatoms. The summed E-state index contributed by atoms with van der Waals surface area (Å²) in [5.74, 6) is 0.162. The molecule has 0 bridgehead atoms. The normalized spacial score (nSPS) is 11.7. The molecule has 2 rings (SSSR count). The number of benzene rings is 1. The van der Waals surface area contributed by atoms with Crippen molar-refractivity contribution in [1.29, 1.82) is 0 Å². The van der Waals surface area contributed by atoms with Crippen LogP contribution in [0.5, 0.6) is 0 Å². The maximum atomic E-state index is 8.49. The van der Waals surface area contributed by atoms with E-state index in [0.717, 1.165) is 11.3 Å². The number of pyridine rings is 1. The van der Waals surface area contributed by atoms with Gasteiger partial charge in [-0.2, -0.15) is 0 Å². The maximum Gasteiger partial charge on any atom is 0.0877 e. The van der Waals surface area contributed by atoms with Gasteiger partial charge in [0.1, 0.15) is 0 Å². The number of hydrogen-bond acceptors (Lipinski definition) is 3. The van der Waals surface area contributed by atoms with Crippen molar-refractivity contribution < 1.29 is 30.3 Å². The molecular formula is C16H18IrNO2-. The first-order chi connectivity index (χ1) is 9.09. The van der Waals surface area contributed by atoms with Gasteiger partial charge in [-0.05, 0) is 31.7 Å². The number of aromatic nitrogens is 1. The van der Waals surface area contributed by atoms with E-state index in [1.807, 2.05) is 42.5 Å². The number of aliphatic hydroxyl groups is 2. The van der Waals surface area contributed by atoms with Gasteiger partial charge in [0.25, 0.3) is 0 Å². The molecular weight excluding hydrogens is 430 g/mol. The Hall–Kier alpha value is -1.48. The molecule has 0 aliphatic carbocycles. The van der Waals surface area contributed by atoms with Crippen LogP contribution < -0.4 is 0 Å². The second kappa shape index (κ2) is 10.3. The molecule has 1 atom stereocenters. The monoisotopic (exact) mass is 449 g/mol. The van der Waals surface area contributed by atoms with E-state index >= 15 is 0 Å². The van der Waals surface area contributed by atoms with E-state index in [1.165, 1.54) is 13.0 Å². The van der Waals surface area contributed by atoms with E-state index in [4.69, 9.17) is 10.2 Å². The van der Waals surface area contributed by atoms with Gasteiger partial charge in [-0.1, -0.05) is 12.1 Å². The van der Waals surface area contributed by atoms with Crippen molar-refractivity contribution in [3.63, 3.8) is 0 Å². The fourth-order valence-electron chi connectivity index (χ4n) is 1.42. The van der Waals surface area contributed by atoms with Crippen molar-refractivity contribution in [2.45, 2.75) is 20.0 Å². The van der Waals surface area contributed by atoms with Crippen molar-refractivity contribution in [3.8, 4) is 11.3 Å². The van der Waals surface area contributed by atoms with E-state index in [0.29, 0.717) is 0 Å². The van der Waals surface area contributed by atoms with Gasteiger partial charge < -0.3 is 15.2 Å². The molecule has 1 aromatic heterocycles. The predicted octanol–water partition coefficient (Wildman–Crippen LogP) is 3.38. The second-order valence-electron chi connectivity index (χ2n) is 4.04. The van der Waals surface area contributed by atoms with Crippen LogP contribution in [0.3, 0.4) is 0 Å². The SMILES string of the molecule is CC(O)=CC(C)O.[Ir].[c-]1ccccc1-c1ccccn1. The van der Waals surface area contributed by atoms with Gasteiger partial charge in [-0.25, -0.2) is 0 Å². The van der Waals surface area contributed by atoms with Crippen molar-refractivity contribution >= 4 is 0 Å². The molecule has 20 heavy (non-hydrogen) atoms. The van der Waals surface area contributed by atoms with Crippen LogP contribution in [0.25, 0.3) is 11.3 Å². The van der Waals surface area contributed by atoms with E-state index in [2.05, 4.69) is 11.1 Å². The average molecular weight is 449 g/mol. The zero-order chi connectivity index (χ0) is 14.1. The molecule has 1 aromatic carbocycles. The number of aliphatic hydroxyl groups excluding tert-OH is 2. The van der Waals surface area contributed by atoms with Gasteiger partial charge in [0, 0.05) is 26.3 Å². The molecule has 0 spiro atoms. The smallest absolute Gasteiger partial charge is 0.0877 e. The summed E-state index contributed by atoms with van der Waals surface area (Å²) in [5, 5.41) is 16.9. The summed E-state index contributed by atoms with van der Waals surface area (Å²) in [6.45, 7) is 3.10. The molecule has 0 aliphatic heterocycles. The molecule has 0 amide bonds. The minimum atomic E-state index is -0.537. The fourth-order valence-corrected chi connectivity index (χ4v) is 1.42. The molecule has 1 unspecified atom stereocenters. The third kappa shape index (κ3) is 7.85. The predicted molar refractivity (Wildman–Crippen MR) is 76.6 cm³/mol. The third-order valence-electron chi connectivity index (χ3n) is 2.13. The molecule has 0 aliphatic rings. The summed E-state index contributed by atoms with van der Waals surface area (Å²) in [7, 11) is 0. The van der Waals surface area contributed by atoms with Gasteiger partial charge in [0.05, 0.1) is 11.9 Å². The van der Waals surface area contributed by atoms with Crippen LogP contribution >= 0.6 is 0 Å². The quantitative estimate of drug-likeness (QED) is 0.547. The molecule has 3 nitrogen and oxygen atoms in total. The molecule has 1 radical (unpaired) electrons. The Labute approximate surface area is 133 Å². The molecule has 0 saturated heterocycles. The third-order valence-corrected chi connectivity index (χ3v) is 2.13. The Kier molecular flexibility index (Phi) is 9.56. The largest absolute Gasteiger partial charge is 0.513 e. The van der Waals surface area contributed by atoms with Crippen molar-refractivity contribution in [1.82, 2.24) is 4.98 Å². The van der Waals surface area contributed by atoms with Gasteiger partial charge in [-0.3, -0.25) is 0 Å². The van der Waals surface area contributed by atoms with Crippen LogP contribution in [-0.2, 0) is 20.1 Å². The van der Waals surface area contributed by atoms with Crippen LogP contribution in [0.1, 0.15) is 13.8 Å². The van der Waals surface area contributed by atoms with Crippen LogP contribution in [0.4, 0.5) is 0 Å². The molecule has 0 saturated carbocycles. The summed E-state index contributed by atoms with van der Waals surface area (Å²) < 4.78 is 0. The Morgan fingerprint density at radius 2 is 1.95 bits per heavy atom. The average Bonchev–Trinajstić information content (AvgIpc) is 2.40. The zero-order valence-electron chi connectivity index (χ0n) is 11.4. The van der Waals surface area contributed by atoms with Crippen LogP contribution in [0.15, 0.2) is 60.5 Å². The molecule has 2 aromatic rings. The fraction of sp³-hybridized carbons (Fsp3) is 0.188. The van der Waals surface area contributed by atoms with Crippen LogP contribution in [0.2, 0.25) is 0 Å². The first-order valence-electron chi connectivity index (χ1n) is 6.03. The standard InChI is InChI=1S/C11H8N.C5H10O2.Ir/c1-2-6-10(7-3-1)11-8-4-5-9-12-11;1-4(6)3-5(2)7;/h1-6,8-9H;3-4,6-7H,1-2H3;/q-1;;. The molecule has 2 N–H and O–H groups in total. The molecule has 0 fully saturated rings. The van der Waals surface area contributed by atoms with E-state index < -0.39 is 6.10 Å². The van der Waals surface area contributed by atoms with Crippen molar-refractivity contribution in [2.24, 2.45) is 0 Å². The van der Waals surface area contributed by atoms with E-state index in [-0.39, 0.29) is 25.9 Å². The number of allylic oxidation sites excluding steroid dienone is 1. The van der Waals surface area contributed by atoms with Crippen LogP contribution in [0, 0.1) is 6.07 Å². The Balaban J connectivity index is 0.000000396. The summed E-state index contributed by atoms with van der Waals surface area (Å²) in [5.41, 5.74) is 2.01. The minimum Gasteiger partial charge on any atom is -0.513 e. The van der Waals surface area contributed by atoms with Gasteiger partial charge in [-0.15, -0.1) is 35.9 Å². The maximum absolute atomic E-state index is 8.49. The van der Waals surface area contributed by atoms with Crippen molar-refractivity contribution in [3.05, 3.63) is 66.6 Å². The Morgan fingerprint density at radius 1 is 1.25 bits per heavy atom. The zero-order valence-corrected chi connectivity index (χ0v) is 13.8. The number of nitrogens with zero attached hydrogens (tertiary/aromatic N) is 1. The molecule has 109 valence electrons. The van der Waals surface area contributed by atoms with Gasteiger partial charge in [0.2, 0.25) is 0 Å². The minimum absolute atomic E-state index is 0.